The number of nitrogens with zero attached hydrogens (tertiary/aromatic N) is 1. The highest BCUT2D eigenvalue weighted by Gasteiger charge is 2.51. The SMILES string of the molecule is Cc1ccccc1S(=O)(=O)N1CCC(CC(=O)NC23CC4CC(CC(C4)C2)C3)CC1. The molecule has 1 aromatic carbocycles. The molecular weight excluding hydrogens is 396 g/mol. The molecule has 164 valence electrons. The summed E-state index contributed by atoms with van der Waals surface area (Å²) in [5.41, 5.74) is 0.857. The molecule has 4 saturated carbocycles. The van der Waals surface area contributed by atoms with Crippen LogP contribution in [0.25, 0.3) is 0 Å². The number of carbonyl (C=O) groups is 1. The lowest BCUT2D eigenvalue weighted by Crippen LogP contribution is -2.60. The van der Waals surface area contributed by atoms with Gasteiger partial charge in [0.25, 0.3) is 0 Å². The van der Waals surface area contributed by atoms with Crippen molar-refractivity contribution in [3.8, 4) is 0 Å². The molecule has 6 rings (SSSR count). The highest BCUT2D eigenvalue weighted by atomic mass is 32.2. The molecule has 1 saturated heterocycles. The van der Waals surface area contributed by atoms with Crippen molar-refractivity contribution < 1.29 is 13.2 Å². The Bertz CT molecular complexity index is 883. The standard InChI is InChI=1S/C24H34N2O3S/c1-17-4-2-3-5-22(17)30(28,29)26-8-6-18(7-9-26)13-23(27)25-24-14-19-10-20(15-24)12-21(11-19)16-24/h2-5,18-21H,6-16H2,1H3,(H,25,27). The van der Waals surface area contributed by atoms with Crippen molar-refractivity contribution in [1.29, 1.82) is 0 Å². The second kappa shape index (κ2) is 7.63. The number of piperidine rings is 1. The van der Waals surface area contributed by atoms with E-state index in [1.165, 1.54) is 38.5 Å². The maximum atomic E-state index is 13.0. The van der Waals surface area contributed by atoms with Gasteiger partial charge >= 0.3 is 0 Å². The summed E-state index contributed by atoms with van der Waals surface area (Å²) in [4.78, 5) is 13.3. The molecule has 0 spiro atoms. The van der Waals surface area contributed by atoms with Gasteiger partial charge in [-0.2, -0.15) is 4.31 Å². The Labute approximate surface area is 180 Å². The van der Waals surface area contributed by atoms with Crippen LogP contribution in [0.15, 0.2) is 29.2 Å². The van der Waals surface area contributed by atoms with Gasteiger partial charge < -0.3 is 5.32 Å². The highest BCUT2D eigenvalue weighted by molar-refractivity contribution is 7.89. The van der Waals surface area contributed by atoms with E-state index in [1.54, 1.807) is 16.4 Å². The number of hydrogen-bond donors (Lipinski definition) is 1. The van der Waals surface area contributed by atoms with E-state index in [1.807, 2.05) is 19.1 Å². The van der Waals surface area contributed by atoms with Crippen molar-refractivity contribution in [2.75, 3.05) is 13.1 Å². The van der Waals surface area contributed by atoms with Gasteiger partial charge in [0, 0.05) is 25.0 Å². The van der Waals surface area contributed by atoms with E-state index >= 15 is 0 Å². The number of rotatable bonds is 5. The number of nitrogens with one attached hydrogen (secondary N) is 1. The van der Waals surface area contributed by atoms with E-state index in [0.717, 1.165) is 36.2 Å². The second-order valence-corrected chi connectivity index (χ2v) is 12.5. The number of hydrogen-bond acceptors (Lipinski definition) is 3. The molecule has 1 heterocycles. The van der Waals surface area contributed by atoms with Gasteiger partial charge in [0.1, 0.15) is 0 Å². The third kappa shape index (κ3) is 3.81. The Hall–Kier alpha value is -1.40. The van der Waals surface area contributed by atoms with Gasteiger partial charge in [-0.1, -0.05) is 18.2 Å². The predicted octanol–water partition coefficient (Wildman–Crippen LogP) is 3.87. The smallest absolute Gasteiger partial charge is 0.243 e. The fraction of sp³-hybridized carbons (Fsp3) is 0.708. The second-order valence-electron chi connectivity index (χ2n) is 10.6. The minimum absolute atomic E-state index is 0.0701. The average molecular weight is 431 g/mol. The molecular formula is C24H34N2O3S. The van der Waals surface area contributed by atoms with E-state index in [4.69, 9.17) is 0 Å². The van der Waals surface area contributed by atoms with E-state index < -0.39 is 10.0 Å². The maximum absolute atomic E-state index is 13.0. The van der Waals surface area contributed by atoms with Gasteiger partial charge in [-0.3, -0.25) is 4.79 Å². The van der Waals surface area contributed by atoms with Crippen LogP contribution in [0.2, 0.25) is 0 Å². The fourth-order valence-electron chi connectivity index (χ4n) is 7.21. The Morgan fingerprint density at radius 2 is 1.60 bits per heavy atom. The Morgan fingerprint density at radius 3 is 2.17 bits per heavy atom. The van der Waals surface area contributed by atoms with E-state index in [-0.39, 0.29) is 17.4 Å². The van der Waals surface area contributed by atoms with E-state index in [2.05, 4.69) is 5.32 Å². The quantitative estimate of drug-likeness (QED) is 0.771. The zero-order chi connectivity index (χ0) is 20.9. The van der Waals surface area contributed by atoms with E-state index in [0.29, 0.717) is 24.4 Å². The lowest BCUT2D eigenvalue weighted by atomic mass is 9.53. The summed E-state index contributed by atoms with van der Waals surface area (Å²) in [6.45, 7) is 2.85. The van der Waals surface area contributed by atoms with Crippen LogP contribution >= 0.6 is 0 Å². The lowest BCUT2D eigenvalue weighted by molar-refractivity contribution is -0.128. The zero-order valence-electron chi connectivity index (χ0n) is 18.0. The van der Waals surface area contributed by atoms with Gasteiger partial charge in [-0.05, 0) is 93.6 Å². The summed E-state index contributed by atoms with van der Waals surface area (Å²) in [5.74, 6) is 2.95. The summed E-state index contributed by atoms with van der Waals surface area (Å²) >= 11 is 0. The normalized spacial score (nSPS) is 34.2. The minimum Gasteiger partial charge on any atom is -0.351 e. The average Bonchev–Trinajstić information content (AvgIpc) is 2.67. The van der Waals surface area contributed by atoms with E-state index in [9.17, 15) is 13.2 Å². The molecule has 0 radical (unpaired) electrons. The number of amides is 1. The monoisotopic (exact) mass is 430 g/mol. The molecule has 5 nitrogen and oxygen atoms in total. The summed E-state index contributed by atoms with van der Waals surface area (Å²) in [5, 5.41) is 3.48. The first-order valence-corrected chi connectivity index (χ1v) is 13.1. The molecule has 0 unspecified atom stereocenters. The highest BCUT2D eigenvalue weighted by Crippen LogP contribution is 2.55. The van der Waals surface area contributed by atoms with Crippen LogP contribution in [0, 0.1) is 30.6 Å². The molecule has 1 amide bonds. The minimum atomic E-state index is -3.45. The molecule has 0 aromatic heterocycles. The predicted molar refractivity (Wildman–Crippen MR) is 116 cm³/mol. The molecule has 1 N–H and O–H groups in total. The van der Waals surface area contributed by atoms with Crippen molar-refractivity contribution in [2.45, 2.75) is 75.1 Å². The molecule has 5 aliphatic rings. The number of carbonyl (C=O) groups excluding carboxylic acids is 1. The maximum Gasteiger partial charge on any atom is 0.243 e. The van der Waals surface area contributed by atoms with Crippen molar-refractivity contribution in [3.05, 3.63) is 29.8 Å². The Morgan fingerprint density at radius 1 is 1.03 bits per heavy atom. The number of sulfonamides is 1. The molecule has 0 atom stereocenters. The Kier molecular flexibility index (Phi) is 5.21. The summed E-state index contributed by atoms with van der Waals surface area (Å²) in [7, 11) is -3.45. The van der Waals surface area contributed by atoms with Crippen molar-refractivity contribution in [1.82, 2.24) is 9.62 Å². The van der Waals surface area contributed by atoms with Crippen LogP contribution in [0.3, 0.4) is 0 Å². The van der Waals surface area contributed by atoms with Crippen molar-refractivity contribution >= 4 is 15.9 Å². The van der Waals surface area contributed by atoms with Gasteiger partial charge in [0.2, 0.25) is 15.9 Å². The molecule has 1 aromatic rings. The van der Waals surface area contributed by atoms with Gasteiger partial charge in [0.15, 0.2) is 0 Å². The molecule has 4 aliphatic carbocycles. The van der Waals surface area contributed by atoms with Crippen LogP contribution in [-0.4, -0.2) is 37.3 Å². The third-order valence-corrected chi connectivity index (χ3v) is 10.3. The zero-order valence-corrected chi connectivity index (χ0v) is 18.8. The lowest BCUT2D eigenvalue weighted by Gasteiger charge is -2.57. The van der Waals surface area contributed by atoms with Crippen molar-refractivity contribution in [2.24, 2.45) is 23.7 Å². The van der Waals surface area contributed by atoms with Crippen molar-refractivity contribution in [3.63, 3.8) is 0 Å². The van der Waals surface area contributed by atoms with Crippen LogP contribution in [0.5, 0.6) is 0 Å². The van der Waals surface area contributed by atoms with Crippen LogP contribution < -0.4 is 5.32 Å². The first kappa shape index (κ1) is 20.5. The third-order valence-electron chi connectivity index (χ3n) is 8.20. The molecule has 4 bridgehead atoms. The molecule has 5 fully saturated rings. The summed E-state index contributed by atoms with van der Waals surface area (Å²) < 4.78 is 27.6. The van der Waals surface area contributed by atoms with Crippen LogP contribution in [-0.2, 0) is 14.8 Å². The fourth-order valence-corrected chi connectivity index (χ4v) is 8.91. The van der Waals surface area contributed by atoms with Gasteiger partial charge in [0.05, 0.1) is 4.90 Å². The summed E-state index contributed by atoms with van der Waals surface area (Å²) in [6, 6.07) is 7.18. The molecule has 30 heavy (non-hydrogen) atoms. The van der Waals surface area contributed by atoms with Gasteiger partial charge in [-0.15, -0.1) is 0 Å². The number of benzene rings is 1. The Balaban J connectivity index is 1.16. The van der Waals surface area contributed by atoms with Crippen LogP contribution in [0.1, 0.15) is 63.4 Å². The summed E-state index contributed by atoms with van der Waals surface area (Å²) in [6.07, 6.45) is 9.74. The first-order chi connectivity index (χ1) is 14.3. The topological polar surface area (TPSA) is 66.5 Å². The number of aryl methyl sites for hydroxylation is 1. The first-order valence-electron chi connectivity index (χ1n) is 11.7. The molecule has 6 heteroatoms. The van der Waals surface area contributed by atoms with Gasteiger partial charge in [-0.25, -0.2) is 8.42 Å². The largest absolute Gasteiger partial charge is 0.351 e. The molecule has 1 aliphatic heterocycles. The van der Waals surface area contributed by atoms with Crippen LogP contribution in [0.4, 0.5) is 0 Å².